The standard InChI is InChI=1S/C22H32NO4P/c1-3-26-28(25,27-4-2)16-15-22(24)19-23(17-20-11-7-5-8-12-20)18-21-13-9-6-10-14-21/h5-14,22,24H,3-4,15-19H2,1-2H3. The van der Waals surface area contributed by atoms with Crippen LogP contribution in [0.25, 0.3) is 0 Å². The molecule has 6 heteroatoms. The molecule has 1 N–H and O–H groups in total. The van der Waals surface area contributed by atoms with E-state index in [1.807, 2.05) is 36.4 Å². The van der Waals surface area contributed by atoms with Crippen LogP contribution in [0.15, 0.2) is 60.7 Å². The third-order valence-corrected chi connectivity index (χ3v) is 6.46. The molecule has 0 amide bonds. The van der Waals surface area contributed by atoms with E-state index >= 15 is 0 Å². The minimum absolute atomic E-state index is 0.223. The Bertz CT molecular complexity index is 659. The molecule has 0 aromatic heterocycles. The Labute approximate surface area is 168 Å². The molecule has 1 atom stereocenters. The first-order valence-electron chi connectivity index (χ1n) is 9.91. The zero-order valence-electron chi connectivity index (χ0n) is 16.9. The second kappa shape index (κ2) is 12.2. The van der Waals surface area contributed by atoms with Crippen molar-refractivity contribution < 1.29 is 18.7 Å². The van der Waals surface area contributed by atoms with Gasteiger partial charge in [0.25, 0.3) is 0 Å². The molecule has 0 saturated carbocycles. The first kappa shape index (κ1) is 22.8. The molecule has 2 aromatic carbocycles. The molecule has 0 saturated heterocycles. The molecule has 0 heterocycles. The number of aliphatic hydroxyl groups excluding tert-OH is 1. The third kappa shape index (κ3) is 8.26. The monoisotopic (exact) mass is 405 g/mol. The van der Waals surface area contributed by atoms with Crippen LogP contribution in [0.1, 0.15) is 31.4 Å². The van der Waals surface area contributed by atoms with Crippen molar-refractivity contribution in [3.05, 3.63) is 71.8 Å². The fraction of sp³-hybridized carbons (Fsp3) is 0.455. The van der Waals surface area contributed by atoms with Crippen LogP contribution in [0.2, 0.25) is 0 Å². The van der Waals surface area contributed by atoms with Gasteiger partial charge in [0.1, 0.15) is 0 Å². The quantitative estimate of drug-likeness (QED) is 0.489. The summed E-state index contributed by atoms with van der Waals surface area (Å²) in [5.41, 5.74) is 2.39. The Balaban J connectivity index is 1.98. The first-order chi connectivity index (χ1) is 13.5. The number of rotatable bonds is 13. The van der Waals surface area contributed by atoms with Crippen molar-refractivity contribution in [3.63, 3.8) is 0 Å². The lowest BCUT2D eigenvalue weighted by Gasteiger charge is -2.26. The number of benzene rings is 2. The maximum absolute atomic E-state index is 12.6. The summed E-state index contributed by atoms with van der Waals surface area (Å²) in [6, 6.07) is 20.4. The molecule has 0 aliphatic carbocycles. The Hall–Kier alpha value is -1.49. The van der Waals surface area contributed by atoms with Crippen LogP contribution in [0.4, 0.5) is 0 Å². The molecular formula is C22H32NO4P. The van der Waals surface area contributed by atoms with Crippen LogP contribution < -0.4 is 0 Å². The summed E-state index contributed by atoms with van der Waals surface area (Å²) < 4.78 is 23.3. The summed E-state index contributed by atoms with van der Waals surface area (Å²) in [4.78, 5) is 2.21. The molecule has 0 bridgehead atoms. The topological polar surface area (TPSA) is 59.0 Å². The lowest BCUT2D eigenvalue weighted by molar-refractivity contribution is 0.0995. The summed E-state index contributed by atoms with van der Waals surface area (Å²) in [5.74, 6) is 0. The van der Waals surface area contributed by atoms with Crippen LogP contribution >= 0.6 is 7.60 Å². The van der Waals surface area contributed by atoms with E-state index in [9.17, 15) is 9.67 Å². The fourth-order valence-electron chi connectivity index (χ4n) is 3.12. The number of nitrogens with zero attached hydrogens (tertiary/aromatic N) is 1. The predicted octanol–water partition coefficient (Wildman–Crippen LogP) is 4.71. The van der Waals surface area contributed by atoms with Crippen LogP contribution in [-0.4, -0.2) is 42.0 Å². The summed E-state index contributed by atoms with van der Waals surface area (Å²) in [5, 5.41) is 10.6. The van der Waals surface area contributed by atoms with E-state index in [1.165, 1.54) is 11.1 Å². The molecular weight excluding hydrogens is 373 g/mol. The van der Waals surface area contributed by atoms with Crippen molar-refractivity contribution in [2.45, 2.75) is 39.5 Å². The predicted molar refractivity (Wildman–Crippen MR) is 113 cm³/mol. The zero-order valence-corrected chi connectivity index (χ0v) is 17.8. The maximum atomic E-state index is 12.6. The average Bonchev–Trinajstić information content (AvgIpc) is 2.68. The highest BCUT2D eigenvalue weighted by Gasteiger charge is 2.25. The number of hydrogen-bond acceptors (Lipinski definition) is 5. The Morgan fingerprint density at radius 1 is 0.893 bits per heavy atom. The van der Waals surface area contributed by atoms with Gasteiger partial charge in [-0.25, -0.2) is 0 Å². The molecule has 5 nitrogen and oxygen atoms in total. The van der Waals surface area contributed by atoms with Gasteiger partial charge in [-0.15, -0.1) is 0 Å². The lowest BCUT2D eigenvalue weighted by atomic mass is 10.1. The molecule has 0 aliphatic rings. The van der Waals surface area contributed by atoms with E-state index in [0.29, 0.717) is 26.2 Å². The maximum Gasteiger partial charge on any atom is 0.330 e. The molecule has 0 aliphatic heterocycles. The minimum atomic E-state index is -3.13. The summed E-state index contributed by atoms with van der Waals surface area (Å²) in [6.07, 6.45) is -0.0146. The van der Waals surface area contributed by atoms with E-state index in [4.69, 9.17) is 9.05 Å². The van der Waals surface area contributed by atoms with Crippen LogP contribution in [0.5, 0.6) is 0 Å². The van der Waals surface area contributed by atoms with E-state index in [0.717, 1.165) is 13.1 Å². The summed E-state index contributed by atoms with van der Waals surface area (Å²) >= 11 is 0. The van der Waals surface area contributed by atoms with Gasteiger partial charge in [0, 0.05) is 19.6 Å². The van der Waals surface area contributed by atoms with Crippen LogP contribution in [-0.2, 0) is 26.7 Å². The van der Waals surface area contributed by atoms with Gasteiger partial charge in [0.15, 0.2) is 0 Å². The Morgan fingerprint density at radius 2 is 1.36 bits per heavy atom. The second-order valence-electron chi connectivity index (χ2n) is 6.75. The van der Waals surface area contributed by atoms with E-state index in [1.54, 1.807) is 13.8 Å². The van der Waals surface area contributed by atoms with E-state index in [-0.39, 0.29) is 6.16 Å². The van der Waals surface area contributed by atoms with Crippen molar-refractivity contribution in [3.8, 4) is 0 Å². The Kier molecular flexibility index (Phi) is 9.89. The van der Waals surface area contributed by atoms with Crippen molar-refractivity contribution >= 4 is 7.60 Å². The molecule has 0 fully saturated rings. The molecule has 2 rings (SSSR count). The molecule has 2 aromatic rings. The third-order valence-electron chi connectivity index (χ3n) is 4.35. The van der Waals surface area contributed by atoms with Crippen molar-refractivity contribution in [2.75, 3.05) is 25.9 Å². The molecule has 154 valence electrons. The second-order valence-corrected chi connectivity index (χ2v) is 8.94. The van der Waals surface area contributed by atoms with Crippen molar-refractivity contribution in [1.29, 1.82) is 0 Å². The highest BCUT2D eigenvalue weighted by atomic mass is 31.2. The summed E-state index contributed by atoms with van der Waals surface area (Å²) in [6.45, 7) is 6.22. The minimum Gasteiger partial charge on any atom is -0.392 e. The molecule has 0 radical (unpaired) electrons. The van der Waals surface area contributed by atoms with Crippen molar-refractivity contribution in [2.24, 2.45) is 0 Å². The SMILES string of the molecule is CCOP(=O)(CCC(O)CN(Cc1ccccc1)Cc1ccccc1)OCC. The molecule has 28 heavy (non-hydrogen) atoms. The number of hydrogen-bond donors (Lipinski definition) is 1. The first-order valence-corrected chi connectivity index (χ1v) is 11.6. The zero-order chi connectivity index (χ0) is 20.2. The molecule has 0 spiro atoms. The smallest absolute Gasteiger partial charge is 0.330 e. The normalized spacial score (nSPS) is 13.0. The van der Waals surface area contributed by atoms with Crippen LogP contribution in [0.3, 0.4) is 0 Å². The van der Waals surface area contributed by atoms with E-state index in [2.05, 4.69) is 29.2 Å². The van der Waals surface area contributed by atoms with Gasteiger partial charge in [0.05, 0.1) is 25.5 Å². The van der Waals surface area contributed by atoms with Gasteiger partial charge >= 0.3 is 7.60 Å². The van der Waals surface area contributed by atoms with Gasteiger partial charge in [-0.05, 0) is 31.4 Å². The lowest BCUT2D eigenvalue weighted by Crippen LogP contribution is -2.32. The largest absolute Gasteiger partial charge is 0.392 e. The molecule has 1 unspecified atom stereocenters. The summed E-state index contributed by atoms with van der Waals surface area (Å²) in [7, 11) is -3.13. The van der Waals surface area contributed by atoms with Gasteiger partial charge in [-0.3, -0.25) is 9.46 Å². The number of aliphatic hydroxyl groups is 1. The van der Waals surface area contributed by atoms with Gasteiger partial charge < -0.3 is 14.2 Å². The average molecular weight is 405 g/mol. The fourth-order valence-corrected chi connectivity index (χ4v) is 4.86. The van der Waals surface area contributed by atoms with Crippen molar-refractivity contribution in [1.82, 2.24) is 4.90 Å². The Morgan fingerprint density at radius 3 is 1.79 bits per heavy atom. The van der Waals surface area contributed by atoms with Gasteiger partial charge in [-0.1, -0.05) is 60.7 Å². The van der Waals surface area contributed by atoms with Crippen LogP contribution in [0, 0.1) is 0 Å². The van der Waals surface area contributed by atoms with Gasteiger partial charge in [0.2, 0.25) is 0 Å². The highest BCUT2D eigenvalue weighted by molar-refractivity contribution is 7.53. The highest BCUT2D eigenvalue weighted by Crippen LogP contribution is 2.48. The van der Waals surface area contributed by atoms with E-state index < -0.39 is 13.7 Å². The van der Waals surface area contributed by atoms with Gasteiger partial charge in [-0.2, -0.15) is 0 Å².